The number of piperidine rings is 1. The average Bonchev–Trinajstić information content (AvgIpc) is 3.25. The van der Waals surface area contributed by atoms with Gasteiger partial charge in [0, 0.05) is 25.6 Å². The largest absolute Gasteiger partial charge is 0.484 e. The van der Waals surface area contributed by atoms with Crippen LogP contribution >= 0.6 is 0 Å². The SMILES string of the molecule is O=C(NCc1cccc(OCC(F)(F)F)c1)C1CCN(C(=O)c2ccoc2)CC1. The monoisotopic (exact) mass is 410 g/mol. The zero-order valence-corrected chi connectivity index (χ0v) is 15.6. The van der Waals surface area contributed by atoms with Gasteiger partial charge in [0.15, 0.2) is 6.61 Å². The van der Waals surface area contributed by atoms with Crippen LogP contribution in [-0.2, 0) is 11.3 Å². The van der Waals surface area contributed by atoms with Gasteiger partial charge in [-0.25, -0.2) is 0 Å². The van der Waals surface area contributed by atoms with Gasteiger partial charge in [-0.15, -0.1) is 0 Å². The highest BCUT2D eigenvalue weighted by atomic mass is 19.4. The minimum Gasteiger partial charge on any atom is -0.484 e. The fraction of sp³-hybridized carbons (Fsp3) is 0.400. The van der Waals surface area contributed by atoms with Crippen LogP contribution in [0.5, 0.6) is 5.75 Å². The van der Waals surface area contributed by atoms with Gasteiger partial charge in [0.05, 0.1) is 11.8 Å². The highest BCUT2D eigenvalue weighted by Crippen LogP contribution is 2.21. The summed E-state index contributed by atoms with van der Waals surface area (Å²) in [7, 11) is 0. The number of hydrogen-bond donors (Lipinski definition) is 1. The third kappa shape index (κ3) is 6.00. The first kappa shape index (κ1) is 20.8. The number of halogens is 3. The van der Waals surface area contributed by atoms with Crippen molar-refractivity contribution in [3.8, 4) is 5.75 Å². The van der Waals surface area contributed by atoms with E-state index in [1.807, 2.05) is 0 Å². The van der Waals surface area contributed by atoms with Crippen molar-refractivity contribution < 1.29 is 31.9 Å². The number of carbonyl (C=O) groups is 2. The Morgan fingerprint density at radius 1 is 1.21 bits per heavy atom. The molecule has 0 spiro atoms. The first-order valence-electron chi connectivity index (χ1n) is 9.19. The van der Waals surface area contributed by atoms with Gasteiger partial charge in [-0.05, 0) is 36.6 Å². The standard InChI is InChI=1S/C20H21F3N2O4/c21-20(22,23)13-29-17-3-1-2-14(10-17)11-24-18(26)15-4-7-25(8-5-15)19(27)16-6-9-28-12-16/h1-3,6,9-10,12,15H,4-5,7-8,11,13H2,(H,24,26). The Morgan fingerprint density at radius 2 is 1.97 bits per heavy atom. The van der Waals surface area contributed by atoms with E-state index in [9.17, 15) is 22.8 Å². The molecule has 9 heteroatoms. The Morgan fingerprint density at radius 3 is 2.62 bits per heavy atom. The molecule has 1 aliphatic rings. The van der Waals surface area contributed by atoms with Crippen LogP contribution in [0.2, 0.25) is 0 Å². The molecular weight excluding hydrogens is 389 g/mol. The first-order chi connectivity index (χ1) is 13.8. The highest BCUT2D eigenvalue weighted by molar-refractivity contribution is 5.94. The number of alkyl halides is 3. The molecule has 0 atom stereocenters. The molecule has 6 nitrogen and oxygen atoms in total. The number of likely N-dealkylation sites (tertiary alicyclic amines) is 1. The van der Waals surface area contributed by atoms with Gasteiger partial charge >= 0.3 is 6.18 Å². The van der Waals surface area contributed by atoms with E-state index in [-0.39, 0.29) is 30.0 Å². The van der Waals surface area contributed by atoms with Gasteiger partial charge in [-0.1, -0.05) is 12.1 Å². The zero-order valence-electron chi connectivity index (χ0n) is 15.6. The number of nitrogens with zero attached hydrogens (tertiary/aromatic N) is 1. The van der Waals surface area contributed by atoms with Crippen LogP contribution in [0.15, 0.2) is 47.3 Å². The summed E-state index contributed by atoms with van der Waals surface area (Å²) in [6.07, 6.45) is -0.476. The van der Waals surface area contributed by atoms with E-state index in [0.29, 0.717) is 37.1 Å². The Balaban J connectivity index is 1.45. The molecule has 1 aliphatic heterocycles. The number of rotatable bonds is 6. The second kappa shape index (κ2) is 9.02. The second-order valence-corrected chi connectivity index (χ2v) is 6.85. The van der Waals surface area contributed by atoms with E-state index in [0.717, 1.165) is 0 Å². The molecule has 2 aromatic rings. The zero-order chi connectivity index (χ0) is 20.9. The van der Waals surface area contributed by atoms with Crippen LogP contribution in [0.4, 0.5) is 13.2 Å². The van der Waals surface area contributed by atoms with Crippen molar-refractivity contribution in [3.63, 3.8) is 0 Å². The van der Waals surface area contributed by atoms with Crippen LogP contribution in [0.3, 0.4) is 0 Å². The highest BCUT2D eigenvalue weighted by Gasteiger charge is 2.29. The lowest BCUT2D eigenvalue weighted by atomic mass is 9.95. The average molecular weight is 410 g/mol. The van der Waals surface area contributed by atoms with E-state index in [1.165, 1.54) is 24.7 Å². The summed E-state index contributed by atoms with van der Waals surface area (Å²) in [5.74, 6) is -0.372. The smallest absolute Gasteiger partial charge is 0.422 e. The summed E-state index contributed by atoms with van der Waals surface area (Å²) in [4.78, 5) is 26.4. The van der Waals surface area contributed by atoms with Crippen molar-refractivity contribution >= 4 is 11.8 Å². The van der Waals surface area contributed by atoms with Crippen molar-refractivity contribution in [1.82, 2.24) is 10.2 Å². The van der Waals surface area contributed by atoms with E-state index in [4.69, 9.17) is 9.15 Å². The van der Waals surface area contributed by atoms with Crippen molar-refractivity contribution in [2.24, 2.45) is 5.92 Å². The Hall–Kier alpha value is -2.97. The fourth-order valence-electron chi connectivity index (χ4n) is 3.16. The topological polar surface area (TPSA) is 71.8 Å². The van der Waals surface area contributed by atoms with E-state index in [1.54, 1.807) is 23.1 Å². The summed E-state index contributed by atoms with van der Waals surface area (Å²) in [5, 5.41) is 2.80. The molecule has 29 heavy (non-hydrogen) atoms. The number of hydrogen-bond acceptors (Lipinski definition) is 4. The molecule has 0 unspecified atom stereocenters. The third-order valence-corrected chi connectivity index (χ3v) is 4.69. The Kier molecular flexibility index (Phi) is 6.46. The van der Waals surface area contributed by atoms with Gasteiger partial charge in [0.1, 0.15) is 12.0 Å². The van der Waals surface area contributed by atoms with Crippen LogP contribution < -0.4 is 10.1 Å². The number of furan rings is 1. The predicted octanol–water partition coefficient (Wildman–Crippen LogP) is 3.39. The Bertz CT molecular complexity index is 829. The lowest BCUT2D eigenvalue weighted by molar-refractivity contribution is -0.153. The van der Waals surface area contributed by atoms with Gasteiger partial charge in [-0.3, -0.25) is 9.59 Å². The van der Waals surface area contributed by atoms with Crippen LogP contribution in [0.1, 0.15) is 28.8 Å². The summed E-state index contributed by atoms with van der Waals surface area (Å²) in [5.41, 5.74) is 1.13. The van der Waals surface area contributed by atoms with E-state index < -0.39 is 12.8 Å². The molecule has 0 saturated carbocycles. The number of benzene rings is 1. The maximum absolute atomic E-state index is 12.4. The van der Waals surface area contributed by atoms with Crippen molar-refractivity contribution in [2.45, 2.75) is 25.6 Å². The maximum atomic E-state index is 12.4. The van der Waals surface area contributed by atoms with Crippen LogP contribution in [0, 0.1) is 5.92 Å². The number of nitrogens with one attached hydrogen (secondary N) is 1. The molecule has 156 valence electrons. The van der Waals surface area contributed by atoms with Crippen molar-refractivity contribution in [2.75, 3.05) is 19.7 Å². The van der Waals surface area contributed by atoms with E-state index >= 15 is 0 Å². The summed E-state index contributed by atoms with van der Waals surface area (Å²) in [6.45, 7) is -0.221. The predicted molar refractivity (Wildman–Crippen MR) is 97.2 cm³/mol. The Labute approximate surface area is 165 Å². The molecule has 1 saturated heterocycles. The lowest BCUT2D eigenvalue weighted by Crippen LogP contribution is -2.42. The van der Waals surface area contributed by atoms with E-state index in [2.05, 4.69) is 5.32 Å². The molecule has 0 radical (unpaired) electrons. The molecule has 2 heterocycles. The van der Waals surface area contributed by atoms with Gasteiger partial charge in [-0.2, -0.15) is 13.2 Å². The fourth-order valence-corrected chi connectivity index (χ4v) is 3.16. The summed E-state index contributed by atoms with van der Waals surface area (Å²) in [6, 6.07) is 7.79. The molecule has 2 amide bonds. The van der Waals surface area contributed by atoms with Gasteiger partial charge in [0.2, 0.25) is 5.91 Å². The molecule has 0 bridgehead atoms. The van der Waals surface area contributed by atoms with Crippen molar-refractivity contribution in [3.05, 3.63) is 54.0 Å². The summed E-state index contributed by atoms with van der Waals surface area (Å²) >= 11 is 0. The van der Waals surface area contributed by atoms with Crippen LogP contribution in [-0.4, -0.2) is 42.6 Å². The molecule has 1 fully saturated rings. The maximum Gasteiger partial charge on any atom is 0.422 e. The quantitative estimate of drug-likeness (QED) is 0.793. The number of amides is 2. The molecule has 3 rings (SSSR count). The summed E-state index contributed by atoms with van der Waals surface area (Å²) < 4.78 is 46.4. The number of ether oxygens (including phenoxy) is 1. The van der Waals surface area contributed by atoms with Gasteiger partial charge < -0.3 is 19.4 Å². The van der Waals surface area contributed by atoms with Gasteiger partial charge in [0.25, 0.3) is 5.91 Å². The molecular formula is C20H21F3N2O4. The van der Waals surface area contributed by atoms with Crippen LogP contribution in [0.25, 0.3) is 0 Å². The molecule has 1 aromatic carbocycles. The minimum absolute atomic E-state index is 0.0974. The molecule has 1 aromatic heterocycles. The first-order valence-corrected chi connectivity index (χ1v) is 9.19. The lowest BCUT2D eigenvalue weighted by Gasteiger charge is -2.31. The minimum atomic E-state index is -4.40. The molecule has 0 aliphatic carbocycles. The van der Waals surface area contributed by atoms with Crippen molar-refractivity contribution in [1.29, 1.82) is 0 Å². The second-order valence-electron chi connectivity index (χ2n) is 6.85. The number of carbonyl (C=O) groups excluding carboxylic acids is 2. The molecule has 1 N–H and O–H groups in total. The third-order valence-electron chi connectivity index (χ3n) is 4.69. The normalized spacial score (nSPS) is 15.2.